The van der Waals surface area contributed by atoms with E-state index in [0.29, 0.717) is 11.8 Å². The molecule has 4 heteroatoms. The highest BCUT2D eigenvalue weighted by Crippen LogP contribution is 2.39. The molecule has 0 N–H and O–H groups in total. The summed E-state index contributed by atoms with van der Waals surface area (Å²) in [5.74, 6) is 0.724. The maximum absolute atomic E-state index is 13.5. The molecule has 0 aliphatic rings. The monoisotopic (exact) mass is 254 g/mol. The van der Waals surface area contributed by atoms with Gasteiger partial charge in [-0.25, -0.2) is 0 Å². The number of benzene rings is 2. The summed E-state index contributed by atoms with van der Waals surface area (Å²) in [6.45, 7) is 0. The van der Waals surface area contributed by atoms with Crippen LogP contribution in [0.1, 0.15) is 5.56 Å². The fourth-order valence-corrected chi connectivity index (χ4v) is 2.01. The second kappa shape index (κ2) is 4.53. The Morgan fingerprint density at radius 3 is 2.35 bits per heavy atom. The van der Waals surface area contributed by atoms with Crippen LogP contribution in [-0.2, 0) is 5.25 Å². The molecule has 0 atom stereocenters. The molecule has 0 unspecified atom stereocenters. The molecule has 0 radical (unpaired) electrons. The van der Waals surface area contributed by atoms with Gasteiger partial charge in [0, 0.05) is 5.56 Å². The summed E-state index contributed by atoms with van der Waals surface area (Å²) in [6, 6.07) is 10.1. The average Bonchev–Trinajstić information content (AvgIpc) is 2.37. The molecule has 0 aliphatic heterocycles. The number of hydrogen-bond acceptors (Lipinski definition) is 2. The van der Waals surface area contributed by atoms with Gasteiger partial charge in [0.15, 0.2) is 0 Å². The Bertz CT molecular complexity index is 540. The van der Waals surface area contributed by atoms with Crippen molar-refractivity contribution in [1.82, 2.24) is 0 Å². The van der Waals surface area contributed by atoms with Crippen molar-refractivity contribution in [3.8, 4) is 5.75 Å². The molecule has 0 heterocycles. The minimum atomic E-state index is -2.84. The largest absolute Gasteiger partial charge is 0.497 e. The second-order valence-corrected chi connectivity index (χ2v) is 4.57. The van der Waals surface area contributed by atoms with Crippen molar-refractivity contribution >= 4 is 22.5 Å². The Kier molecular flexibility index (Phi) is 3.24. The van der Waals surface area contributed by atoms with Crippen LogP contribution >= 0.6 is 11.8 Å². The summed E-state index contributed by atoms with van der Waals surface area (Å²) in [7, 11) is 1.58. The number of ether oxygens (including phenoxy) is 1. The van der Waals surface area contributed by atoms with Gasteiger partial charge < -0.3 is 4.74 Å². The number of methoxy groups -OCH3 is 1. The Morgan fingerprint density at radius 2 is 1.71 bits per heavy atom. The maximum Gasteiger partial charge on any atom is 0.319 e. The molecule has 90 valence electrons. The lowest BCUT2D eigenvalue weighted by Gasteiger charge is -2.14. The molecule has 0 saturated heterocycles. The third-order valence-electron chi connectivity index (χ3n) is 2.64. The van der Waals surface area contributed by atoms with Gasteiger partial charge in [0.05, 0.1) is 7.11 Å². The van der Waals surface area contributed by atoms with Gasteiger partial charge in [-0.05, 0) is 35.2 Å². The molecule has 0 aromatic heterocycles. The highest BCUT2D eigenvalue weighted by Gasteiger charge is 2.29. The summed E-state index contributed by atoms with van der Waals surface area (Å²) < 4.78 is 32.1. The van der Waals surface area contributed by atoms with E-state index in [4.69, 9.17) is 4.74 Å². The Hall–Kier alpha value is -1.29. The molecular weight excluding hydrogens is 242 g/mol. The van der Waals surface area contributed by atoms with Gasteiger partial charge in [0.25, 0.3) is 0 Å². The minimum absolute atomic E-state index is 0.0302. The SMILES string of the molecule is COc1ccc2cc(C(F)(F)SC)ccc2c1. The van der Waals surface area contributed by atoms with Crippen LogP contribution in [-0.4, -0.2) is 13.4 Å². The van der Waals surface area contributed by atoms with Crippen molar-refractivity contribution in [3.05, 3.63) is 42.0 Å². The van der Waals surface area contributed by atoms with Crippen LogP contribution in [0.5, 0.6) is 5.75 Å². The predicted octanol–water partition coefficient (Wildman–Crippen LogP) is 4.26. The molecular formula is C13H12F2OS. The molecule has 0 spiro atoms. The van der Waals surface area contributed by atoms with E-state index in [1.807, 2.05) is 6.07 Å². The van der Waals surface area contributed by atoms with Crippen molar-refractivity contribution in [1.29, 1.82) is 0 Å². The molecule has 0 amide bonds. The van der Waals surface area contributed by atoms with Gasteiger partial charge in [-0.15, -0.1) is 0 Å². The summed E-state index contributed by atoms with van der Waals surface area (Å²) in [6.07, 6.45) is 1.40. The van der Waals surface area contributed by atoms with Crippen molar-refractivity contribution in [2.45, 2.75) is 5.25 Å². The van der Waals surface area contributed by atoms with Crippen molar-refractivity contribution < 1.29 is 13.5 Å². The lowest BCUT2D eigenvalue weighted by Crippen LogP contribution is -2.06. The van der Waals surface area contributed by atoms with Gasteiger partial charge in [0.2, 0.25) is 0 Å². The van der Waals surface area contributed by atoms with Crippen LogP contribution in [0.4, 0.5) is 8.78 Å². The molecule has 1 nitrogen and oxygen atoms in total. The van der Waals surface area contributed by atoms with E-state index in [-0.39, 0.29) is 5.56 Å². The number of alkyl halides is 2. The van der Waals surface area contributed by atoms with E-state index in [2.05, 4.69) is 0 Å². The van der Waals surface area contributed by atoms with E-state index in [9.17, 15) is 8.78 Å². The van der Waals surface area contributed by atoms with Gasteiger partial charge in [-0.1, -0.05) is 30.0 Å². The van der Waals surface area contributed by atoms with Crippen molar-refractivity contribution in [3.63, 3.8) is 0 Å². The summed E-state index contributed by atoms with van der Waals surface area (Å²) >= 11 is 0.538. The fourth-order valence-electron chi connectivity index (χ4n) is 1.65. The minimum Gasteiger partial charge on any atom is -0.497 e. The van der Waals surface area contributed by atoms with Gasteiger partial charge in [-0.3, -0.25) is 0 Å². The molecule has 17 heavy (non-hydrogen) atoms. The van der Waals surface area contributed by atoms with E-state index < -0.39 is 5.25 Å². The lowest BCUT2D eigenvalue weighted by molar-refractivity contribution is 0.106. The van der Waals surface area contributed by atoms with Gasteiger partial charge in [0.1, 0.15) is 5.75 Å². The molecule has 0 aliphatic carbocycles. The fraction of sp³-hybridized carbons (Fsp3) is 0.231. The first-order valence-corrected chi connectivity index (χ1v) is 6.30. The van der Waals surface area contributed by atoms with Crippen molar-refractivity contribution in [2.24, 2.45) is 0 Å². The van der Waals surface area contributed by atoms with Crippen LogP contribution in [0.2, 0.25) is 0 Å². The average molecular weight is 254 g/mol. The predicted molar refractivity (Wildman–Crippen MR) is 67.9 cm³/mol. The zero-order valence-electron chi connectivity index (χ0n) is 9.54. The van der Waals surface area contributed by atoms with E-state index >= 15 is 0 Å². The lowest BCUT2D eigenvalue weighted by atomic mass is 10.1. The molecule has 2 aromatic carbocycles. The first-order chi connectivity index (χ1) is 8.06. The van der Waals surface area contributed by atoms with Crippen LogP contribution in [0.3, 0.4) is 0 Å². The highest BCUT2D eigenvalue weighted by atomic mass is 32.2. The summed E-state index contributed by atoms with van der Waals surface area (Å²) in [5, 5.41) is -1.16. The van der Waals surface area contributed by atoms with E-state index in [1.54, 1.807) is 25.3 Å². The van der Waals surface area contributed by atoms with Gasteiger partial charge >= 0.3 is 5.25 Å². The zero-order chi connectivity index (χ0) is 12.5. The van der Waals surface area contributed by atoms with E-state index in [0.717, 1.165) is 16.5 Å². The van der Waals surface area contributed by atoms with E-state index in [1.165, 1.54) is 18.4 Å². The van der Waals surface area contributed by atoms with Crippen molar-refractivity contribution in [2.75, 3.05) is 13.4 Å². The topological polar surface area (TPSA) is 9.23 Å². The van der Waals surface area contributed by atoms with Gasteiger partial charge in [-0.2, -0.15) is 8.78 Å². The normalized spacial score (nSPS) is 11.8. The zero-order valence-corrected chi connectivity index (χ0v) is 10.4. The van der Waals surface area contributed by atoms with Crippen LogP contribution < -0.4 is 4.74 Å². The van der Waals surface area contributed by atoms with Crippen LogP contribution in [0, 0.1) is 0 Å². The smallest absolute Gasteiger partial charge is 0.319 e. The Balaban J connectivity index is 2.52. The third kappa shape index (κ3) is 2.36. The van der Waals surface area contributed by atoms with Crippen LogP contribution in [0.15, 0.2) is 36.4 Å². The molecule has 0 bridgehead atoms. The third-order valence-corrected chi connectivity index (χ3v) is 3.39. The summed E-state index contributed by atoms with van der Waals surface area (Å²) in [4.78, 5) is 0. The number of halogens is 2. The molecule has 2 rings (SSSR count). The first kappa shape index (κ1) is 12.2. The first-order valence-electron chi connectivity index (χ1n) is 5.08. The van der Waals surface area contributed by atoms with Crippen LogP contribution in [0.25, 0.3) is 10.8 Å². The maximum atomic E-state index is 13.5. The Morgan fingerprint density at radius 1 is 1.06 bits per heavy atom. The standard InChI is InChI=1S/C13H12F2OS/c1-16-12-6-4-9-7-11(13(14,15)17-2)5-3-10(9)8-12/h3-8H,1-2H3. The Labute approximate surface area is 103 Å². The molecule has 0 saturated carbocycles. The second-order valence-electron chi connectivity index (χ2n) is 3.65. The number of hydrogen-bond donors (Lipinski definition) is 0. The number of rotatable bonds is 3. The summed E-state index contributed by atoms with van der Waals surface area (Å²) in [5.41, 5.74) is 0.0302. The number of thioether (sulfide) groups is 1. The number of fused-ring (bicyclic) bond motifs is 1. The highest BCUT2D eigenvalue weighted by molar-refractivity contribution is 7.99. The molecule has 0 fully saturated rings. The molecule has 2 aromatic rings. The quantitative estimate of drug-likeness (QED) is 0.809.